The van der Waals surface area contributed by atoms with Gasteiger partial charge in [-0.3, -0.25) is 0 Å². The minimum atomic E-state index is 0.549. The van der Waals surface area contributed by atoms with Crippen LogP contribution >= 0.6 is 11.6 Å². The van der Waals surface area contributed by atoms with Gasteiger partial charge in [-0.2, -0.15) is 0 Å². The zero-order valence-electron chi connectivity index (χ0n) is 11.9. The standard InChI is InChI=1S/C16H18ClNO2/c1-11-5-4-6-13(7-11)18-10-12-8-14(17)16(20-3)15(9-12)19-2/h4-9,18H,10H2,1-3H3. The largest absolute Gasteiger partial charge is 0.493 e. The molecular weight excluding hydrogens is 274 g/mol. The predicted molar refractivity (Wildman–Crippen MR) is 83.1 cm³/mol. The van der Waals surface area contributed by atoms with Crippen molar-refractivity contribution >= 4 is 17.3 Å². The lowest BCUT2D eigenvalue weighted by Crippen LogP contribution is -2.01. The number of hydrogen-bond acceptors (Lipinski definition) is 3. The van der Waals surface area contributed by atoms with Gasteiger partial charge < -0.3 is 14.8 Å². The molecule has 20 heavy (non-hydrogen) atoms. The van der Waals surface area contributed by atoms with Crippen molar-refractivity contribution in [2.45, 2.75) is 13.5 Å². The smallest absolute Gasteiger partial charge is 0.179 e. The van der Waals surface area contributed by atoms with Crippen LogP contribution in [0.15, 0.2) is 36.4 Å². The molecule has 0 spiro atoms. The summed E-state index contributed by atoms with van der Waals surface area (Å²) in [6.45, 7) is 2.74. The Morgan fingerprint density at radius 1 is 1.10 bits per heavy atom. The molecule has 0 bridgehead atoms. The van der Waals surface area contributed by atoms with E-state index in [2.05, 4.69) is 24.4 Å². The molecule has 2 aromatic rings. The Hall–Kier alpha value is -1.87. The SMILES string of the molecule is COc1cc(CNc2cccc(C)c2)cc(Cl)c1OC. The number of halogens is 1. The Kier molecular flexibility index (Phi) is 4.74. The number of methoxy groups -OCH3 is 2. The number of ether oxygens (including phenoxy) is 2. The molecule has 2 rings (SSSR count). The van der Waals surface area contributed by atoms with Gasteiger partial charge in [0, 0.05) is 12.2 Å². The van der Waals surface area contributed by atoms with Gasteiger partial charge in [-0.25, -0.2) is 0 Å². The lowest BCUT2D eigenvalue weighted by Gasteiger charge is -2.13. The first kappa shape index (κ1) is 14.5. The van der Waals surface area contributed by atoms with Gasteiger partial charge in [0.2, 0.25) is 0 Å². The Labute approximate surface area is 124 Å². The molecule has 0 radical (unpaired) electrons. The molecule has 0 aromatic heterocycles. The van der Waals surface area contributed by atoms with E-state index in [1.54, 1.807) is 14.2 Å². The minimum Gasteiger partial charge on any atom is -0.493 e. The topological polar surface area (TPSA) is 30.5 Å². The molecule has 0 saturated carbocycles. The van der Waals surface area contributed by atoms with E-state index < -0.39 is 0 Å². The first-order chi connectivity index (χ1) is 9.63. The highest BCUT2D eigenvalue weighted by atomic mass is 35.5. The van der Waals surface area contributed by atoms with Crippen LogP contribution < -0.4 is 14.8 Å². The summed E-state index contributed by atoms with van der Waals surface area (Å²) < 4.78 is 10.5. The van der Waals surface area contributed by atoms with Gasteiger partial charge in [0.1, 0.15) is 0 Å². The molecule has 0 unspecified atom stereocenters. The summed E-state index contributed by atoms with van der Waals surface area (Å²) in [5, 5.41) is 3.91. The van der Waals surface area contributed by atoms with Crippen molar-refractivity contribution in [1.29, 1.82) is 0 Å². The highest BCUT2D eigenvalue weighted by Crippen LogP contribution is 2.36. The second kappa shape index (κ2) is 6.53. The van der Waals surface area contributed by atoms with Gasteiger partial charge >= 0.3 is 0 Å². The van der Waals surface area contributed by atoms with Gasteiger partial charge in [-0.15, -0.1) is 0 Å². The fourth-order valence-electron chi connectivity index (χ4n) is 2.03. The van der Waals surface area contributed by atoms with Crippen LogP contribution in [0.5, 0.6) is 11.5 Å². The van der Waals surface area contributed by atoms with Crippen molar-refractivity contribution in [3.8, 4) is 11.5 Å². The van der Waals surface area contributed by atoms with Crippen LogP contribution in [0.2, 0.25) is 5.02 Å². The molecule has 0 atom stereocenters. The van der Waals surface area contributed by atoms with Gasteiger partial charge in [-0.1, -0.05) is 23.7 Å². The number of aryl methyl sites for hydroxylation is 1. The van der Waals surface area contributed by atoms with Gasteiger partial charge in [-0.05, 0) is 42.3 Å². The van der Waals surface area contributed by atoms with E-state index in [9.17, 15) is 0 Å². The number of hydrogen-bond donors (Lipinski definition) is 1. The monoisotopic (exact) mass is 291 g/mol. The van der Waals surface area contributed by atoms with E-state index in [4.69, 9.17) is 21.1 Å². The zero-order valence-corrected chi connectivity index (χ0v) is 12.6. The third-order valence-corrected chi connectivity index (χ3v) is 3.29. The molecule has 2 aromatic carbocycles. The fourth-order valence-corrected chi connectivity index (χ4v) is 2.34. The zero-order chi connectivity index (χ0) is 14.5. The quantitative estimate of drug-likeness (QED) is 0.892. The molecule has 1 N–H and O–H groups in total. The number of rotatable bonds is 5. The first-order valence-corrected chi connectivity index (χ1v) is 6.72. The molecule has 3 nitrogen and oxygen atoms in total. The van der Waals surface area contributed by atoms with Gasteiger partial charge in [0.25, 0.3) is 0 Å². The normalized spacial score (nSPS) is 10.2. The maximum atomic E-state index is 6.19. The lowest BCUT2D eigenvalue weighted by molar-refractivity contribution is 0.355. The second-order valence-corrected chi connectivity index (χ2v) is 4.94. The minimum absolute atomic E-state index is 0.549. The van der Waals surface area contributed by atoms with E-state index in [1.807, 2.05) is 24.3 Å². The maximum absolute atomic E-state index is 6.19. The van der Waals surface area contributed by atoms with Crippen molar-refractivity contribution in [2.75, 3.05) is 19.5 Å². The summed E-state index contributed by atoms with van der Waals surface area (Å²) in [6.07, 6.45) is 0. The summed E-state index contributed by atoms with van der Waals surface area (Å²) in [5.74, 6) is 1.20. The summed E-state index contributed by atoms with van der Waals surface area (Å²) in [5.41, 5.74) is 3.34. The van der Waals surface area contributed by atoms with Crippen molar-refractivity contribution < 1.29 is 9.47 Å². The van der Waals surface area contributed by atoms with Crippen molar-refractivity contribution in [2.24, 2.45) is 0 Å². The Morgan fingerprint density at radius 3 is 2.55 bits per heavy atom. The first-order valence-electron chi connectivity index (χ1n) is 6.35. The third kappa shape index (κ3) is 3.36. The van der Waals surface area contributed by atoms with Crippen molar-refractivity contribution in [3.05, 3.63) is 52.5 Å². The molecule has 4 heteroatoms. The average Bonchev–Trinajstić information content (AvgIpc) is 2.44. The Bertz CT molecular complexity index is 599. The van der Waals surface area contributed by atoms with Crippen molar-refractivity contribution in [3.63, 3.8) is 0 Å². The Balaban J connectivity index is 2.16. The summed E-state index contributed by atoms with van der Waals surface area (Å²) in [4.78, 5) is 0. The van der Waals surface area contributed by atoms with Gasteiger partial charge in [0.15, 0.2) is 11.5 Å². The van der Waals surface area contributed by atoms with E-state index >= 15 is 0 Å². The number of nitrogens with one attached hydrogen (secondary N) is 1. The highest BCUT2D eigenvalue weighted by molar-refractivity contribution is 6.32. The van der Waals surface area contributed by atoms with E-state index in [1.165, 1.54) is 5.56 Å². The summed E-state index contributed by atoms with van der Waals surface area (Å²) >= 11 is 6.19. The number of benzene rings is 2. The summed E-state index contributed by atoms with van der Waals surface area (Å²) in [7, 11) is 3.18. The summed E-state index contributed by atoms with van der Waals surface area (Å²) in [6, 6.07) is 12.0. The molecule has 0 heterocycles. The molecule has 0 aliphatic carbocycles. The fraction of sp³-hybridized carbons (Fsp3) is 0.250. The van der Waals surface area contributed by atoms with Crippen LogP contribution in [0.1, 0.15) is 11.1 Å². The maximum Gasteiger partial charge on any atom is 0.179 e. The average molecular weight is 292 g/mol. The van der Waals surface area contributed by atoms with Crippen LogP contribution in [-0.4, -0.2) is 14.2 Å². The number of anilines is 1. The molecule has 0 aliphatic rings. The molecule has 0 aliphatic heterocycles. The molecular formula is C16H18ClNO2. The van der Waals surface area contributed by atoms with Crippen molar-refractivity contribution in [1.82, 2.24) is 0 Å². The molecule has 0 amide bonds. The molecule has 0 fully saturated rings. The molecule has 106 valence electrons. The van der Waals surface area contributed by atoms with Crippen LogP contribution in [0.25, 0.3) is 0 Å². The van der Waals surface area contributed by atoms with Crippen LogP contribution in [0.3, 0.4) is 0 Å². The molecule has 0 saturated heterocycles. The van der Waals surface area contributed by atoms with E-state index in [-0.39, 0.29) is 0 Å². The lowest BCUT2D eigenvalue weighted by atomic mass is 10.1. The van der Waals surface area contributed by atoms with Crippen LogP contribution in [0, 0.1) is 6.92 Å². The van der Waals surface area contributed by atoms with Gasteiger partial charge in [0.05, 0.1) is 19.2 Å². The van der Waals surface area contributed by atoms with Crippen LogP contribution in [-0.2, 0) is 6.54 Å². The van der Waals surface area contributed by atoms with Crippen LogP contribution in [0.4, 0.5) is 5.69 Å². The van der Waals surface area contributed by atoms with E-state index in [0.29, 0.717) is 23.1 Å². The second-order valence-electron chi connectivity index (χ2n) is 4.54. The van der Waals surface area contributed by atoms with E-state index in [0.717, 1.165) is 11.3 Å². The highest BCUT2D eigenvalue weighted by Gasteiger charge is 2.10. The predicted octanol–water partition coefficient (Wildman–Crippen LogP) is 4.28. The Morgan fingerprint density at radius 2 is 1.90 bits per heavy atom. The third-order valence-electron chi connectivity index (χ3n) is 3.01.